The van der Waals surface area contributed by atoms with Crippen LogP contribution in [0.2, 0.25) is 0 Å². The molecule has 1 unspecified atom stereocenters. The van der Waals surface area contributed by atoms with Crippen molar-refractivity contribution in [1.82, 2.24) is 0 Å². The lowest BCUT2D eigenvalue weighted by atomic mass is 10.1. The van der Waals surface area contributed by atoms with E-state index in [2.05, 4.69) is 22.6 Å². The van der Waals surface area contributed by atoms with Crippen LogP contribution in [0.25, 0.3) is 0 Å². The van der Waals surface area contributed by atoms with E-state index in [0.717, 1.165) is 12.2 Å². The Labute approximate surface area is 106 Å². The fourth-order valence-corrected chi connectivity index (χ4v) is 1.07. The zero-order valence-electron chi connectivity index (χ0n) is 10.3. The van der Waals surface area contributed by atoms with Gasteiger partial charge in [0, 0.05) is 12.2 Å². The molecule has 2 N–H and O–H groups in total. The Morgan fingerprint density at radius 3 is 2.06 bits per heavy atom. The molecule has 0 saturated heterocycles. The van der Waals surface area contributed by atoms with Gasteiger partial charge in [-0.2, -0.15) is 0 Å². The zero-order valence-corrected chi connectivity index (χ0v) is 10.3. The second-order valence-corrected chi connectivity index (χ2v) is 3.56. The van der Waals surface area contributed by atoms with E-state index in [0.29, 0.717) is 6.42 Å². The molecule has 0 fully saturated rings. The fraction of sp³-hybridized carbons (Fsp3) is 0.500. The fourth-order valence-electron chi connectivity index (χ4n) is 1.07. The first-order chi connectivity index (χ1) is 8.36. The van der Waals surface area contributed by atoms with Gasteiger partial charge in [0.05, 0.1) is 12.5 Å². The summed E-state index contributed by atoms with van der Waals surface area (Å²) in [6.45, 7) is 8.06. The van der Waals surface area contributed by atoms with Crippen LogP contribution in [0, 0.1) is 0 Å². The quantitative estimate of drug-likeness (QED) is 0.377. The Balaban J connectivity index is 4.67. The number of esters is 2. The molecule has 1 atom stereocenters. The Morgan fingerprint density at radius 1 is 1.28 bits per heavy atom. The largest absolute Gasteiger partial charge is 0.395 e. The van der Waals surface area contributed by atoms with Crippen molar-refractivity contribution < 1.29 is 29.3 Å². The molecule has 0 rings (SSSR count). The average Bonchev–Trinajstić information content (AvgIpc) is 2.35. The van der Waals surface area contributed by atoms with Gasteiger partial charge in [-0.1, -0.05) is 20.1 Å². The number of aliphatic hydroxyl groups excluding tert-OH is 1. The third-order valence-electron chi connectivity index (χ3n) is 2.12. The number of rotatable bonds is 8. The molecule has 0 aliphatic rings. The number of hydrogen-bond acceptors (Lipinski definition) is 6. The van der Waals surface area contributed by atoms with Crippen LogP contribution in [0.3, 0.4) is 0 Å². The van der Waals surface area contributed by atoms with Crippen molar-refractivity contribution in [2.75, 3.05) is 0 Å². The van der Waals surface area contributed by atoms with Crippen molar-refractivity contribution in [2.45, 2.75) is 38.3 Å². The van der Waals surface area contributed by atoms with Gasteiger partial charge in [-0.3, -0.25) is 0 Å². The topological polar surface area (TPSA) is 93.1 Å². The lowest BCUT2D eigenvalue weighted by Gasteiger charge is -2.26. The molecule has 0 aromatic carbocycles. The normalized spacial score (nSPS) is 12.4. The lowest BCUT2D eigenvalue weighted by Crippen LogP contribution is -2.40. The molecule has 0 saturated carbocycles. The third-order valence-corrected chi connectivity index (χ3v) is 2.12. The van der Waals surface area contributed by atoms with Crippen LogP contribution in [0.5, 0.6) is 0 Å². The van der Waals surface area contributed by atoms with E-state index in [-0.39, 0.29) is 12.8 Å². The minimum Gasteiger partial charge on any atom is -0.395 e. The first kappa shape index (κ1) is 16.3. The van der Waals surface area contributed by atoms with Gasteiger partial charge >= 0.3 is 17.9 Å². The predicted octanol–water partition coefficient (Wildman–Crippen LogP) is 0.642. The summed E-state index contributed by atoms with van der Waals surface area (Å²) < 4.78 is 9.10. The number of carbonyl (C=O) groups is 2. The first-order valence-corrected chi connectivity index (χ1v) is 5.48. The summed E-state index contributed by atoms with van der Waals surface area (Å²) in [7, 11) is 0. The van der Waals surface area contributed by atoms with Gasteiger partial charge in [-0.05, 0) is 12.8 Å². The summed E-state index contributed by atoms with van der Waals surface area (Å²) in [5.74, 6) is -4.31. The van der Waals surface area contributed by atoms with Crippen LogP contribution in [0.15, 0.2) is 25.3 Å². The van der Waals surface area contributed by atoms with E-state index in [4.69, 9.17) is 0 Å². The molecule has 0 aliphatic carbocycles. The monoisotopic (exact) mass is 258 g/mol. The maximum Gasteiger partial charge on any atom is 0.373 e. The van der Waals surface area contributed by atoms with Gasteiger partial charge in [-0.15, -0.1) is 0 Å². The van der Waals surface area contributed by atoms with Crippen molar-refractivity contribution in [2.24, 2.45) is 0 Å². The Kier molecular flexibility index (Phi) is 6.92. The smallest absolute Gasteiger partial charge is 0.373 e. The van der Waals surface area contributed by atoms with E-state index in [9.17, 15) is 19.8 Å². The molecular weight excluding hydrogens is 240 g/mol. The molecular formula is C12H18O6. The van der Waals surface area contributed by atoms with Crippen LogP contribution in [-0.4, -0.2) is 34.2 Å². The van der Waals surface area contributed by atoms with Crippen molar-refractivity contribution in [3.63, 3.8) is 0 Å². The molecule has 102 valence electrons. The standard InChI is InChI=1S/C12H18O6/c1-4-9(13)7-8-12(16,17-10(14)5-2)18-11(15)6-3/h5-6,9,13,16H,2-4,7-8H2,1H3. The zero-order chi connectivity index (χ0) is 14.2. The predicted molar refractivity (Wildman–Crippen MR) is 63.1 cm³/mol. The van der Waals surface area contributed by atoms with Crippen LogP contribution in [-0.2, 0) is 19.1 Å². The van der Waals surface area contributed by atoms with Gasteiger partial charge in [0.1, 0.15) is 0 Å². The van der Waals surface area contributed by atoms with Crippen molar-refractivity contribution in [3.8, 4) is 0 Å². The summed E-state index contributed by atoms with van der Waals surface area (Å²) in [4.78, 5) is 22.1. The molecule has 0 aliphatic heterocycles. The SMILES string of the molecule is C=CC(=O)OC(O)(CCC(O)CC)OC(=O)C=C. The molecule has 18 heavy (non-hydrogen) atoms. The molecule has 6 nitrogen and oxygen atoms in total. The van der Waals surface area contributed by atoms with Gasteiger partial charge in [0.25, 0.3) is 0 Å². The van der Waals surface area contributed by atoms with Crippen LogP contribution in [0.1, 0.15) is 26.2 Å². The summed E-state index contributed by atoms with van der Waals surface area (Å²) in [5, 5.41) is 19.2. The van der Waals surface area contributed by atoms with E-state index >= 15 is 0 Å². The maximum atomic E-state index is 11.0. The minimum absolute atomic E-state index is 0.0991. The molecule has 0 radical (unpaired) electrons. The van der Waals surface area contributed by atoms with E-state index in [1.807, 2.05) is 0 Å². The van der Waals surface area contributed by atoms with Crippen molar-refractivity contribution >= 4 is 11.9 Å². The van der Waals surface area contributed by atoms with Crippen molar-refractivity contribution in [1.29, 1.82) is 0 Å². The lowest BCUT2D eigenvalue weighted by molar-refractivity contribution is -0.325. The minimum atomic E-state index is -2.42. The highest BCUT2D eigenvalue weighted by atomic mass is 16.8. The molecule has 6 heteroatoms. The van der Waals surface area contributed by atoms with Gasteiger partial charge in [0.15, 0.2) is 0 Å². The number of hydrogen-bond donors (Lipinski definition) is 2. The van der Waals surface area contributed by atoms with Crippen LogP contribution in [0.4, 0.5) is 0 Å². The molecule has 0 heterocycles. The van der Waals surface area contributed by atoms with Gasteiger partial charge in [-0.25, -0.2) is 9.59 Å². The molecule has 0 bridgehead atoms. The molecule has 0 aromatic rings. The number of aliphatic hydroxyl groups is 2. The number of carbonyl (C=O) groups excluding carboxylic acids is 2. The second-order valence-electron chi connectivity index (χ2n) is 3.56. The summed E-state index contributed by atoms with van der Waals surface area (Å²) >= 11 is 0. The molecule has 0 spiro atoms. The summed E-state index contributed by atoms with van der Waals surface area (Å²) in [6.07, 6.45) is 1.26. The van der Waals surface area contributed by atoms with Gasteiger partial charge in [0.2, 0.25) is 0 Å². The molecule has 0 amide bonds. The Morgan fingerprint density at radius 2 is 1.72 bits per heavy atom. The first-order valence-electron chi connectivity index (χ1n) is 5.48. The van der Waals surface area contributed by atoms with Crippen molar-refractivity contribution in [3.05, 3.63) is 25.3 Å². The highest BCUT2D eigenvalue weighted by molar-refractivity contribution is 5.83. The number of ether oxygens (including phenoxy) is 2. The molecule has 0 aromatic heterocycles. The summed E-state index contributed by atoms with van der Waals surface area (Å²) in [5.41, 5.74) is 0. The highest BCUT2D eigenvalue weighted by Gasteiger charge is 2.35. The Hall–Kier alpha value is -1.66. The van der Waals surface area contributed by atoms with E-state index in [1.54, 1.807) is 6.92 Å². The maximum absolute atomic E-state index is 11.0. The Bertz CT molecular complexity index is 301. The van der Waals surface area contributed by atoms with Crippen LogP contribution < -0.4 is 0 Å². The second kappa shape index (κ2) is 7.62. The van der Waals surface area contributed by atoms with Gasteiger partial charge < -0.3 is 19.7 Å². The summed E-state index contributed by atoms with van der Waals surface area (Å²) in [6, 6.07) is 0. The van der Waals surface area contributed by atoms with Crippen LogP contribution >= 0.6 is 0 Å². The highest BCUT2D eigenvalue weighted by Crippen LogP contribution is 2.20. The third kappa shape index (κ3) is 6.17. The van der Waals surface area contributed by atoms with E-state index < -0.39 is 24.0 Å². The average molecular weight is 258 g/mol. The van der Waals surface area contributed by atoms with E-state index in [1.165, 1.54) is 0 Å².